The van der Waals surface area contributed by atoms with E-state index in [0.29, 0.717) is 12.8 Å². The molecule has 1 aliphatic carbocycles. The highest BCUT2D eigenvalue weighted by atomic mass is 32.2. The molecule has 1 saturated carbocycles. The van der Waals surface area contributed by atoms with Crippen LogP contribution in [0.4, 0.5) is 0 Å². The lowest BCUT2D eigenvalue weighted by molar-refractivity contribution is -0.126. The van der Waals surface area contributed by atoms with E-state index < -0.39 is 15.9 Å². The van der Waals surface area contributed by atoms with E-state index in [-0.39, 0.29) is 36.7 Å². The molecule has 9 heteroatoms. The number of hydrogen-bond donors (Lipinski definition) is 3. The van der Waals surface area contributed by atoms with Gasteiger partial charge in [0.2, 0.25) is 27.7 Å². The fourth-order valence-electron chi connectivity index (χ4n) is 2.49. The lowest BCUT2D eigenvalue weighted by atomic mass is 9.85. The van der Waals surface area contributed by atoms with E-state index >= 15 is 0 Å². The van der Waals surface area contributed by atoms with Crippen molar-refractivity contribution in [1.82, 2.24) is 15.4 Å². The van der Waals surface area contributed by atoms with Gasteiger partial charge in [-0.15, -0.1) is 0 Å². The fourth-order valence-corrected chi connectivity index (χ4v) is 3.00. The van der Waals surface area contributed by atoms with Crippen molar-refractivity contribution in [3.05, 3.63) is 0 Å². The van der Waals surface area contributed by atoms with Crippen molar-refractivity contribution in [3.63, 3.8) is 0 Å². The number of carbonyl (C=O) groups is 3. The molecule has 0 bridgehead atoms. The van der Waals surface area contributed by atoms with Gasteiger partial charge in [-0.05, 0) is 25.7 Å². The van der Waals surface area contributed by atoms with Gasteiger partial charge < -0.3 is 10.6 Å². The number of sulfonamides is 1. The van der Waals surface area contributed by atoms with E-state index in [0.717, 1.165) is 19.1 Å². The molecule has 0 aromatic carbocycles. The Kier molecular flexibility index (Phi) is 6.79. The van der Waals surface area contributed by atoms with Crippen LogP contribution in [0.25, 0.3) is 0 Å². The Bertz CT molecular complexity index is 524. The van der Waals surface area contributed by atoms with Crippen LogP contribution in [0, 0.1) is 5.92 Å². The molecule has 0 radical (unpaired) electrons. The van der Waals surface area contributed by atoms with Gasteiger partial charge in [0.15, 0.2) is 0 Å². The maximum Gasteiger partial charge on any atom is 0.235 e. The highest BCUT2D eigenvalue weighted by molar-refractivity contribution is 7.89. The molecule has 0 atom stereocenters. The van der Waals surface area contributed by atoms with Crippen molar-refractivity contribution >= 4 is 27.7 Å². The van der Waals surface area contributed by atoms with E-state index in [1.165, 1.54) is 6.92 Å². The molecular formula is C13H23N3O5S. The molecule has 3 N–H and O–H groups in total. The third kappa shape index (κ3) is 7.39. The molecular weight excluding hydrogens is 310 g/mol. The molecule has 22 heavy (non-hydrogen) atoms. The number of hydrogen-bond acceptors (Lipinski definition) is 5. The first kappa shape index (κ1) is 18.4. The normalized spacial score (nSPS) is 21.7. The van der Waals surface area contributed by atoms with Crippen molar-refractivity contribution in [2.45, 2.75) is 45.1 Å². The summed E-state index contributed by atoms with van der Waals surface area (Å²) < 4.78 is 23.5. The Hall–Kier alpha value is -1.64. The molecule has 1 fully saturated rings. The van der Waals surface area contributed by atoms with Gasteiger partial charge in [-0.3, -0.25) is 19.1 Å². The van der Waals surface area contributed by atoms with E-state index in [4.69, 9.17) is 0 Å². The standard InChI is InChI=1S/C13H23N3O5S/c1-9(17)15-11-5-3-10(4-6-11)13(19)14-8-7-12(18)16-22(2,20)21/h10-11H,3-8H2,1-2H3,(H,14,19)(H,15,17)(H,16,18). The topological polar surface area (TPSA) is 121 Å². The van der Waals surface area contributed by atoms with Crippen molar-refractivity contribution in [3.8, 4) is 0 Å². The van der Waals surface area contributed by atoms with Gasteiger partial charge in [-0.25, -0.2) is 8.42 Å². The minimum absolute atomic E-state index is 0.0650. The maximum absolute atomic E-state index is 11.9. The zero-order chi connectivity index (χ0) is 16.8. The van der Waals surface area contributed by atoms with Gasteiger partial charge in [0.1, 0.15) is 0 Å². The lowest BCUT2D eigenvalue weighted by Gasteiger charge is -2.28. The molecule has 0 saturated heterocycles. The maximum atomic E-state index is 11.9. The van der Waals surface area contributed by atoms with Crippen LogP contribution in [0.1, 0.15) is 39.0 Å². The summed E-state index contributed by atoms with van der Waals surface area (Å²) >= 11 is 0. The Balaban J connectivity index is 2.24. The third-order valence-corrected chi connectivity index (χ3v) is 4.05. The smallest absolute Gasteiger partial charge is 0.235 e. The number of amides is 3. The molecule has 126 valence electrons. The quantitative estimate of drug-likeness (QED) is 0.591. The predicted molar refractivity (Wildman–Crippen MR) is 80.2 cm³/mol. The van der Waals surface area contributed by atoms with Crippen LogP contribution in [-0.2, 0) is 24.4 Å². The SMILES string of the molecule is CC(=O)NC1CCC(C(=O)NCCC(=O)NS(C)(=O)=O)CC1. The summed E-state index contributed by atoms with van der Waals surface area (Å²) in [6.45, 7) is 1.58. The molecule has 0 spiro atoms. The first-order valence-electron chi connectivity index (χ1n) is 7.23. The van der Waals surface area contributed by atoms with E-state index in [9.17, 15) is 22.8 Å². The second-order valence-electron chi connectivity index (χ2n) is 5.59. The van der Waals surface area contributed by atoms with Crippen molar-refractivity contribution in [1.29, 1.82) is 0 Å². The summed E-state index contributed by atoms with van der Waals surface area (Å²) in [6.07, 6.45) is 3.70. The van der Waals surface area contributed by atoms with Gasteiger partial charge in [-0.2, -0.15) is 0 Å². The number of nitrogens with one attached hydrogen (secondary N) is 3. The van der Waals surface area contributed by atoms with Crippen molar-refractivity contribution < 1.29 is 22.8 Å². The van der Waals surface area contributed by atoms with E-state index in [1.54, 1.807) is 0 Å². The Morgan fingerprint density at radius 2 is 1.68 bits per heavy atom. The Morgan fingerprint density at radius 3 is 2.18 bits per heavy atom. The molecule has 1 rings (SSSR count). The third-order valence-electron chi connectivity index (χ3n) is 3.46. The average Bonchev–Trinajstić information content (AvgIpc) is 2.36. The van der Waals surface area contributed by atoms with Crippen LogP contribution >= 0.6 is 0 Å². The van der Waals surface area contributed by atoms with Crippen LogP contribution in [0.5, 0.6) is 0 Å². The average molecular weight is 333 g/mol. The minimum atomic E-state index is -3.56. The van der Waals surface area contributed by atoms with Crippen LogP contribution in [0.15, 0.2) is 0 Å². The molecule has 3 amide bonds. The number of rotatable bonds is 6. The van der Waals surface area contributed by atoms with Crippen molar-refractivity contribution in [2.75, 3.05) is 12.8 Å². The Morgan fingerprint density at radius 1 is 1.09 bits per heavy atom. The molecule has 1 aliphatic rings. The van der Waals surface area contributed by atoms with Crippen LogP contribution in [0.2, 0.25) is 0 Å². The van der Waals surface area contributed by atoms with Gasteiger partial charge in [0.25, 0.3) is 0 Å². The lowest BCUT2D eigenvalue weighted by Crippen LogP contribution is -2.41. The van der Waals surface area contributed by atoms with Gasteiger partial charge in [0.05, 0.1) is 6.26 Å². The van der Waals surface area contributed by atoms with E-state index in [1.807, 2.05) is 4.72 Å². The highest BCUT2D eigenvalue weighted by Crippen LogP contribution is 2.24. The minimum Gasteiger partial charge on any atom is -0.355 e. The zero-order valence-electron chi connectivity index (χ0n) is 12.8. The van der Waals surface area contributed by atoms with Gasteiger partial charge in [0, 0.05) is 31.8 Å². The van der Waals surface area contributed by atoms with Gasteiger partial charge >= 0.3 is 0 Å². The molecule has 0 heterocycles. The van der Waals surface area contributed by atoms with Gasteiger partial charge in [-0.1, -0.05) is 0 Å². The summed E-state index contributed by atoms with van der Waals surface area (Å²) in [6, 6.07) is 0.127. The van der Waals surface area contributed by atoms with Crippen LogP contribution < -0.4 is 15.4 Å². The van der Waals surface area contributed by atoms with E-state index in [2.05, 4.69) is 10.6 Å². The molecule has 0 unspecified atom stereocenters. The summed E-state index contributed by atoms with van der Waals surface area (Å²) in [7, 11) is -3.56. The largest absolute Gasteiger partial charge is 0.355 e. The molecule has 0 aliphatic heterocycles. The fraction of sp³-hybridized carbons (Fsp3) is 0.769. The molecule has 0 aromatic rings. The second kappa shape index (κ2) is 8.11. The first-order chi connectivity index (χ1) is 10.2. The highest BCUT2D eigenvalue weighted by Gasteiger charge is 2.26. The number of carbonyl (C=O) groups excluding carboxylic acids is 3. The summed E-state index contributed by atoms with van der Waals surface area (Å²) in [5.41, 5.74) is 0. The van der Waals surface area contributed by atoms with Crippen LogP contribution in [-0.4, -0.2) is 45.0 Å². The first-order valence-corrected chi connectivity index (χ1v) is 9.12. The molecule has 8 nitrogen and oxygen atoms in total. The summed E-state index contributed by atoms with van der Waals surface area (Å²) in [5, 5.41) is 5.48. The van der Waals surface area contributed by atoms with Crippen LogP contribution in [0.3, 0.4) is 0 Å². The monoisotopic (exact) mass is 333 g/mol. The zero-order valence-corrected chi connectivity index (χ0v) is 13.7. The predicted octanol–water partition coefficient (Wildman–Crippen LogP) is -0.737. The second-order valence-corrected chi connectivity index (χ2v) is 7.34. The Labute approximate surface area is 130 Å². The molecule has 0 aromatic heterocycles. The summed E-state index contributed by atoms with van der Waals surface area (Å²) in [4.78, 5) is 34.2. The summed E-state index contributed by atoms with van der Waals surface area (Å²) in [5.74, 6) is -0.960. The van der Waals surface area contributed by atoms with Crippen molar-refractivity contribution in [2.24, 2.45) is 5.92 Å².